The molecule has 0 fully saturated rings. The highest BCUT2D eigenvalue weighted by atomic mass is 35.5. The fraction of sp³-hybridized carbons (Fsp3) is 0.111. The van der Waals surface area contributed by atoms with Gasteiger partial charge in [-0.05, 0) is 6.07 Å². The second-order valence-electron chi connectivity index (χ2n) is 2.81. The molecule has 0 aromatic carbocycles. The molecule has 0 amide bonds. The van der Waals surface area contributed by atoms with Crippen LogP contribution in [0.1, 0.15) is 9.67 Å². The summed E-state index contributed by atoms with van der Waals surface area (Å²) in [6.07, 6.45) is 1.57. The summed E-state index contributed by atoms with van der Waals surface area (Å²) in [6, 6.07) is 1.76. The van der Waals surface area contributed by atoms with E-state index in [1.807, 2.05) is 0 Å². The summed E-state index contributed by atoms with van der Waals surface area (Å²) in [4.78, 5) is 15.6. The second kappa shape index (κ2) is 3.67. The van der Waals surface area contributed by atoms with E-state index in [4.69, 9.17) is 17.3 Å². The van der Waals surface area contributed by atoms with E-state index in [2.05, 4.69) is 9.72 Å². The molecule has 2 heterocycles. The summed E-state index contributed by atoms with van der Waals surface area (Å²) in [5.41, 5.74) is 6.13. The number of nitrogens with two attached hydrogens (primary N) is 1. The Balaban J connectivity index is 2.75. The van der Waals surface area contributed by atoms with Gasteiger partial charge in [-0.2, -0.15) is 0 Å². The van der Waals surface area contributed by atoms with Crippen molar-refractivity contribution in [3.05, 3.63) is 22.3 Å². The van der Waals surface area contributed by atoms with Crippen molar-refractivity contribution in [2.45, 2.75) is 0 Å². The Morgan fingerprint density at radius 3 is 3.00 bits per heavy atom. The molecule has 2 rings (SSSR count). The standard InChI is InChI=1S/C9H7ClN2O2S/c1-14-9(13)7-6(11)5-4(15-7)2-3-12-8(5)10/h2-3H,11H2,1H3. The lowest BCUT2D eigenvalue weighted by atomic mass is 10.3. The van der Waals surface area contributed by atoms with Crippen molar-refractivity contribution in [1.29, 1.82) is 0 Å². The highest BCUT2D eigenvalue weighted by molar-refractivity contribution is 7.21. The van der Waals surface area contributed by atoms with E-state index < -0.39 is 5.97 Å². The fourth-order valence-electron chi connectivity index (χ4n) is 1.27. The molecule has 0 saturated carbocycles. The Kier molecular flexibility index (Phi) is 2.50. The van der Waals surface area contributed by atoms with Crippen molar-refractivity contribution in [3.63, 3.8) is 0 Å². The number of halogens is 1. The molecule has 0 aliphatic rings. The number of fused-ring (bicyclic) bond motifs is 1. The van der Waals surface area contributed by atoms with Gasteiger partial charge < -0.3 is 10.5 Å². The number of hydrogen-bond acceptors (Lipinski definition) is 5. The zero-order valence-electron chi connectivity index (χ0n) is 7.78. The third-order valence-electron chi connectivity index (χ3n) is 1.96. The smallest absolute Gasteiger partial charge is 0.350 e. The van der Waals surface area contributed by atoms with E-state index in [0.717, 1.165) is 4.70 Å². The third kappa shape index (κ3) is 1.53. The Morgan fingerprint density at radius 2 is 2.40 bits per heavy atom. The van der Waals surface area contributed by atoms with Gasteiger partial charge in [0, 0.05) is 10.9 Å². The lowest BCUT2D eigenvalue weighted by Crippen LogP contribution is -2.01. The number of ether oxygens (including phenoxy) is 1. The molecule has 6 heteroatoms. The first-order valence-electron chi connectivity index (χ1n) is 4.06. The number of thiophene rings is 1. The first-order chi connectivity index (χ1) is 7.15. The minimum absolute atomic E-state index is 0.302. The minimum Gasteiger partial charge on any atom is -0.465 e. The number of methoxy groups -OCH3 is 1. The van der Waals surface area contributed by atoms with Crippen molar-refractivity contribution in [2.75, 3.05) is 12.8 Å². The highest BCUT2D eigenvalue weighted by Crippen LogP contribution is 2.37. The Bertz CT molecular complexity index is 538. The first kappa shape index (κ1) is 10.2. The molecule has 0 radical (unpaired) electrons. The summed E-state index contributed by atoms with van der Waals surface area (Å²) in [5.74, 6) is -0.454. The molecule has 0 bridgehead atoms. The number of nitrogen functional groups attached to an aromatic ring is 1. The maximum Gasteiger partial charge on any atom is 0.350 e. The summed E-state index contributed by atoms with van der Waals surface area (Å²) < 4.78 is 5.44. The van der Waals surface area contributed by atoms with Crippen LogP contribution in [0.15, 0.2) is 12.3 Å². The van der Waals surface area contributed by atoms with Crippen LogP contribution in [0.2, 0.25) is 5.15 Å². The molecular weight excluding hydrogens is 236 g/mol. The zero-order valence-corrected chi connectivity index (χ0v) is 9.35. The topological polar surface area (TPSA) is 65.2 Å². The quantitative estimate of drug-likeness (QED) is 0.616. The third-order valence-corrected chi connectivity index (χ3v) is 3.40. The summed E-state index contributed by atoms with van der Waals surface area (Å²) in [5, 5.41) is 0.918. The number of aromatic nitrogens is 1. The zero-order chi connectivity index (χ0) is 11.0. The van der Waals surface area contributed by atoms with E-state index in [9.17, 15) is 4.79 Å². The molecular formula is C9H7ClN2O2S. The number of hydrogen-bond donors (Lipinski definition) is 1. The molecule has 15 heavy (non-hydrogen) atoms. The number of anilines is 1. The number of esters is 1. The Labute approximate surface area is 94.6 Å². The van der Waals surface area contributed by atoms with Crippen molar-refractivity contribution >= 4 is 44.7 Å². The van der Waals surface area contributed by atoms with Crippen LogP contribution in [0, 0.1) is 0 Å². The first-order valence-corrected chi connectivity index (χ1v) is 5.25. The van der Waals surface area contributed by atoms with Crippen molar-refractivity contribution in [2.24, 2.45) is 0 Å². The number of carbonyl (C=O) groups excluding carboxylic acids is 1. The Hall–Kier alpha value is -1.33. The second-order valence-corrected chi connectivity index (χ2v) is 4.22. The Morgan fingerprint density at radius 1 is 1.67 bits per heavy atom. The van der Waals surface area contributed by atoms with Crippen LogP contribution in [-0.4, -0.2) is 18.1 Å². The van der Waals surface area contributed by atoms with Crippen molar-refractivity contribution in [1.82, 2.24) is 4.98 Å². The van der Waals surface area contributed by atoms with Crippen LogP contribution in [0.5, 0.6) is 0 Å². The summed E-state index contributed by atoms with van der Waals surface area (Å²) >= 11 is 7.13. The molecule has 0 aliphatic carbocycles. The fourth-order valence-corrected chi connectivity index (χ4v) is 2.62. The molecule has 0 atom stereocenters. The normalized spacial score (nSPS) is 10.5. The van der Waals surface area contributed by atoms with Crippen molar-refractivity contribution < 1.29 is 9.53 Å². The van der Waals surface area contributed by atoms with Crippen LogP contribution < -0.4 is 5.73 Å². The maximum absolute atomic E-state index is 11.4. The molecule has 2 aromatic rings. The molecule has 0 saturated heterocycles. The van der Waals surface area contributed by atoms with Gasteiger partial charge in [-0.25, -0.2) is 9.78 Å². The maximum atomic E-state index is 11.4. The van der Waals surface area contributed by atoms with Crippen LogP contribution in [0.4, 0.5) is 5.69 Å². The molecule has 2 N–H and O–H groups in total. The van der Waals surface area contributed by atoms with Crippen LogP contribution in [-0.2, 0) is 4.74 Å². The van der Waals surface area contributed by atoms with Crippen LogP contribution in [0.25, 0.3) is 10.1 Å². The van der Waals surface area contributed by atoms with E-state index in [1.54, 1.807) is 12.3 Å². The molecule has 4 nitrogen and oxygen atoms in total. The van der Waals surface area contributed by atoms with Gasteiger partial charge in [-0.15, -0.1) is 11.3 Å². The number of nitrogens with zero attached hydrogens (tertiary/aromatic N) is 1. The summed E-state index contributed by atoms with van der Waals surface area (Å²) in [7, 11) is 1.31. The molecule has 0 unspecified atom stereocenters. The van der Waals surface area contributed by atoms with Gasteiger partial charge in [0.25, 0.3) is 0 Å². The largest absolute Gasteiger partial charge is 0.465 e. The monoisotopic (exact) mass is 242 g/mol. The van der Waals surface area contributed by atoms with Gasteiger partial charge in [0.2, 0.25) is 0 Å². The van der Waals surface area contributed by atoms with Gasteiger partial charge in [-0.1, -0.05) is 11.6 Å². The molecule has 78 valence electrons. The number of rotatable bonds is 1. The predicted molar refractivity (Wildman–Crippen MR) is 60.4 cm³/mol. The average Bonchev–Trinajstić information content (AvgIpc) is 2.56. The van der Waals surface area contributed by atoms with Gasteiger partial charge in [0.05, 0.1) is 18.2 Å². The molecule has 0 aliphatic heterocycles. The van der Waals surface area contributed by atoms with Gasteiger partial charge in [0.1, 0.15) is 10.0 Å². The molecule has 2 aromatic heterocycles. The van der Waals surface area contributed by atoms with E-state index in [-0.39, 0.29) is 0 Å². The van der Waals surface area contributed by atoms with Crippen molar-refractivity contribution in [3.8, 4) is 0 Å². The van der Waals surface area contributed by atoms with E-state index in [0.29, 0.717) is 21.1 Å². The lowest BCUT2D eigenvalue weighted by Gasteiger charge is -1.96. The molecule has 0 spiro atoms. The van der Waals surface area contributed by atoms with Gasteiger partial charge in [0.15, 0.2) is 0 Å². The SMILES string of the molecule is COC(=O)c1sc2ccnc(Cl)c2c1N. The van der Waals surface area contributed by atoms with Gasteiger partial charge in [-0.3, -0.25) is 0 Å². The summed E-state index contributed by atoms with van der Waals surface area (Å²) in [6.45, 7) is 0. The minimum atomic E-state index is -0.454. The predicted octanol–water partition coefficient (Wildman–Crippen LogP) is 2.32. The van der Waals surface area contributed by atoms with E-state index >= 15 is 0 Å². The number of carbonyl (C=O) groups is 1. The lowest BCUT2D eigenvalue weighted by molar-refractivity contribution is 0.0607. The highest BCUT2D eigenvalue weighted by Gasteiger charge is 2.18. The average molecular weight is 243 g/mol. The number of pyridine rings is 1. The van der Waals surface area contributed by atoms with Gasteiger partial charge >= 0.3 is 5.97 Å². The van der Waals surface area contributed by atoms with E-state index in [1.165, 1.54) is 18.4 Å². The van der Waals surface area contributed by atoms with Crippen LogP contribution >= 0.6 is 22.9 Å². The van der Waals surface area contributed by atoms with Crippen LogP contribution in [0.3, 0.4) is 0 Å².